The first-order chi connectivity index (χ1) is 9.89. The number of anilines is 2. The van der Waals surface area contributed by atoms with Crippen LogP contribution < -0.4 is 16.4 Å². The second kappa shape index (κ2) is 5.63. The highest BCUT2D eigenvalue weighted by Gasteiger charge is 2.39. The molecule has 6 nitrogen and oxygen atoms in total. The molecule has 1 aromatic carbocycles. The fraction of sp³-hybridized carbons (Fsp3) is 0.467. The molecule has 1 aliphatic rings. The van der Waals surface area contributed by atoms with Crippen LogP contribution in [0, 0.1) is 5.41 Å². The number of amides is 1. The number of nitrogens with zero attached hydrogens (tertiary/aromatic N) is 1. The van der Waals surface area contributed by atoms with E-state index in [1.54, 1.807) is 19.1 Å². The number of carbonyl (C=O) groups is 2. The molecular weight excluding hydrogens is 270 g/mol. The molecule has 1 aliphatic heterocycles. The second-order valence-corrected chi connectivity index (χ2v) is 5.56. The zero-order valence-corrected chi connectivity index (χ0v) is 12.4. The summed E-state index contributed by atoms with van der Waals surface area (Å²) in [5, 5.41) is 0. The highest BCUT2D eigenvalue weighted by atomic mass is 16.5. The average molecular weight is 291 g/mol. The lowest BCUT2D eigenvalue weighted by atomic mass is 9.89. The van der Waals surface area contributed by atoms with E-state index in [2.05, 4.69) is 0 Å². The smallest absolute Gasteiger partial charge is 0.340 e. The van der Waals surface area contributed by atoms with Crippen LogP contribution in [0.4, 0.5) is 11.4 Å². The number of carbonyl (C=O) groups excluding carboxylic acids is 2. The molecule has 2 rings (SSSR count). The van der Waals surface area contributed by atoms with Gasteiger partial charge in [-0.05, 0) is 32.4 Å². The third-order valence-corrected chi connectivity index (χ3v) is 3.99. The largest absolute Gasteiger partial charge is 0.462 e. The number of para-hydroxylation sites is 1. The fourth-order valence-electron chi connectivity index (χ4n) is 2.58. The van der Waals surface area contributed by atoms with Gasteiger partial charge in [-0.2, -0.15) is 0 Å². The third kappa shape index (κ3) is 2.79. The number of nitrogens with two attached hydrogens (primary N) is 2. The molecule has 114 valence electrons. The Morgan fingerprint density at radius 1 is 1.43 bits per heavy atom. The summed E-state index contributed by atoms with van der Waals surface area (Å²) in [5.74, 6) is -0.751. The van der Waals surface area contributed by atoms with Gasteiger partial charge in [-0.3, -0.25) is 4.79 Å². The van der Waals surface area contributed by atoms with Crippen molar-refractivity contribution in [2.45, 2.75) is 20.3 Å². The maximum atomic E-state index is 11.9. The molecule has 1 atom stereocenters. The molecular formula is C15H21N3O3. The SMILES string of the molecule is CCOC(=O)c1cccc(N2CCC(C)(C(N)=O)C2)c1N. The van der Waals surface area contributed by atoms with Gasteiger partial charge in [0.15, 0.2) is 0 Å². The Morgan fingerprint density at radius 3 is 2.71 bits per heavy atom. The normalized spacial score (nSPS) is 21.3. The lowest BCUT2D eigenvalue weighted by Gasteiger charge is -2.24. The fourth-order valence-corrected chi connectivity index (χ4v) is 2.58. The molecule has 1 unspecified atom stereocenters. The van der Waals surface area contributed by atoms with E-state index in [4.69, 9.17) is 16.2 Å². The van der Waals surface area contributed by atoms with Gasteiger partial charge in [0.2, 0.25) is 5.91 Å². The minimum absolute atomic E-state index is 0.298. The molecule has 6 heteroatoms. The summed E-state index contributed by atoms with van der Waals surface area (Å²) in [6, 6.07) is 5.24. The van der Waals surface area contributed by atoms with E-state index in [1.807, 2.05) is 17.9 Å². The van der Waals surface area contributed by atoms with Gasteiger partial charge in [0.25, 0.3) is 0 Å². The van der Waals surface area contributed by atoms with Gasteiger partial charge in [-0.1, -0.05) is 6.07 Å². The van der Waals surface area contributed by atoms with Crippen molar-refractivity contribution < 1.29 is 14.3 Å². The Bertz CT molecular complexity index is 573. The molecule has 0 saturated carbocycles. The van der Waals surface area contributed by atoms with Crippen LogP contribution in [-0.2, 0) is 9.53 Å². The molecule has 1 heterocycles. The summed E-state index contributed by atoms with van der Waals surface area (Å²) in [6.07, 6.45) is 0.672. The Hall–Kier alpha value is -2.24. The van der Waals surface area contributed by atoms with Gasteiger partial charge in [-0.15, -0.1) is 0 Å². The van der Waals surface area contributed by atoms with Crippen LogP contribution in [0.5, 0.6) is 0 Å². The van der Waals surface area contributed by atoms with E-state index < -0.39 is 11.4 Å². The van der Waals surface area contributed by atoms with Crippen molar-refractivity contribution in [3.63, 3.8) is 0 Å². The monoisotopic (exact) mass is 291 g/mol. The van der Waals surface area contributed by atoms with E-state index in [9.17, 15) is 9.59 Å². The number of benzene rings is 1. The zero-order chi connectivity index (χ0) is 15.6. The van der Waals surface area contributed by atoms with Crippen LogP contribution in [0.25, 0.3) is 0 Å². The van der Waals surface area contributed by atoms with E-state index in [1.165, 1.54) is 0 Å². The number of esters is 1. The minimum Gasteiger partial charge on any atom is -0.462 e. The van der Waals surface area contributed by atoms with Crippen molar-refractivity contribution in [3.05, 3.63) is 23.8 Å². The van der Waals surface area contributed by atoms with Crippen LogP contribution in [0.3, 0.4) is 0 Å². The first kappa shape index (κ1) is 15.2. The Labute approximate surface area is 124 Å². The maximum absolute atomic E-state index is 11.9. The summed E-state index contributed by atoms with van der Waals surface area (Å²) in [4.78, 5) is 25.4. The number of nitrogen functional groups attached to an aromatic ring is 1. The molecule has 1 fully saturated rings. The van der Waals surface area contributed by atoms with Gasteiger partial charge in [-0.25, -0.2) is 4.79 Å². The van der Waals surface area contributed by atoms with Crippen LogP contribution in [0.1, 0.15) is 30.6 Å². The standard InChI is InChI=1S/C15H21N3O3/c1-3-21-13(19)10-5-4-6-11(12(10)16)18-8-7-15(2,9-18)14(17)20/h4-6H,3,7-9,16H2,1-2H3,(H2,17,20). The number of hydrogen-bond donors (Lipinski definition) is 2. The van der Waals surface area contributed by atoms with E-state index in [0.717, 1.165) is 5.69 Å². The molecule has 0 aromatic heterocycles. The van der Waals surface area contributed by atoms with Crippen LogP contribution in [-0.4, -0.2) is 31.6 Å². The Kier molecular flexibility index (Phi) is 4.06. The number of rotatable bonds is 4. The number of ether oxygens (including phenoxy) is 1. The quantitative estimate of drug-likeness (QED) is 0.640. The molecule has 0 radical (unpaired) electrons. The highest BCUT2D eigenvalue weighted by molar-refractivity contribution is 5.98. The van der Waals surface area contributed by atoms with Crippen molar-refractivity contribution in [2.75, 3.05) is 30.3 Å². The molecule has 1 amide bonds. The lowest BCUT2D eigenvalue weighted by Crippen LogP contribution is -2.37. The van der Waals surface area contributed by atoms with Crippen LogP contribution in [0.15, 0.2) is 18.2 Å². The predicted octanol–water partition coefficient (Wildman–Crippen LogP) is 1.15. The first-order valence-corrected chi connectivity index (χ1v) is 6.99. The zero-order valence-electron chi connectivity index (χ0n) is 12.4. The summed E-state index contributed by atoms with van der Waals surface area (Å²) >= 11 is 0. The minimum atomic E-state index is -0.563. The Morgan fingerprint density at radius 2 is 2.14 bits per heavy atom. The number of hydrogen-bond acceptors (Lipinski definition) is 5. The molecule has 0 bridgehead atoms. The summed E-state index contributed by atoms with van der Waals surface area (Å²) in [7, 11) is 0. The Balaban J connectivity index is 2.28. The number of primary amides is 1. The van der Waals surface area contributed by atoms with Gasteiger partial charge < -0.3 is 21.1 Å². The maximum Gasteiger partial charge on any atom is 0.340 e. The molecule has 21 heavy (non-hydrogen) atoms. The van der Waals surface area contributed by atoms with Crippen molar-refractivity contribution in [1.82, 2.24) is 0 Å². The van der Waals surface area contributed by atoms with Gasteiger partial charge >= 0.3 is 5.97 Å². The van der Waals surface area contributed by atoms with Crippen molar-refractivity contribution in [3.8, 4) is 0 Å². The van der Waals surface area contributed by atoms with Crippen molar-refractivity contribution >= 4 is 23.3 Å². The van der Waals surface area contributed by atoms with E-state index in [-0.39, 0.29) is 5.91 Å². The predicted molar refractivity (Wildman–Crippen MR) is 80.9 cm³/mol. The first-order valence-electron chi connectivity index (χ1n) is 6.99. The van der Waals surface area contributed by atoms with Crippen LogP contribution >= 0.6 is 0 Å². The van der Waals surface area contributed by atoms with E-state index in [0.29, 0.717) is 37.4 Å². The molecule has 1 saturated heterocycles. The van der Waals surface area contributed by atoms with Gasteiger partial charge in [0.05, 0.1) is 29.0 Å². The van der Waals surface area contributed by atoms with Gasteiger partial charge in [0, 0.05) is 13.1 Å². The van der Waals surface area contributed by atoms with Gasteiger partial charge in [0.1, 0.15) is 0 Å². The topological polar surface area (TPSA) is 98.6 Å². The van der Waals surface area contributed by atoms with Crippen molar-refractivity contribution in [1.29, 1.82) is 0 Å². The molecule has 1 aromatic rings. The summed E-state index contributed by atoms with van der Waals surface area (Å²) in [5.41, 5.74) is 12.5. The molecule has 4 N–H and O–H groups in total. The highest BCUT2D eigenvalue weighted by Crippen LogP contribution is 2.36. The summed E-state index contributed by atoms with van der Waals surface area (Å²) in [6.45, 7) is 5.07. The average Bonchev–Trinajstić information content (AvgIpc) is 2.83. The third-order valence-electron chi connectivity index (χ3n) is 3.99. The second-order valence-electron chi connectivity index (χ2n) is 5.56. The molecule has 0 spiro atoms. The summed E-state index contributed by atoms with van der Waals surface area (Å²) < 4.78 is 4.99. The lowest BCUT2D eigenvalue weighted by molar-refractivity contribution is -0.125. The van der Waals surface area contributed by atoms with E-state index >= 15 is 0 Å². The molecule has 0 aliphatic carbocycles. The van der Waals surface area contributed by atoms with Crippen LogP contribution in [0.2, 0.25) is 0 Å². The van der Waals surface area contributed by atoms with Crippen molar-refractivity contribution in [2.24, 2.45) is 11.1 Å².